The van der Waals surface area contributed by atoms with E-state index in [0.29, 0.717) is 53.5 Å². The molecule has 0 bridgehead atoms. The molecule has 13 nitrogen and oxygen atoms in total. The zero-order chi connectivity index (χ0) is 33.1. The standard InChI is InChI=1S/C30H36BrFN6O7/c1-28(2,3)44-26(41)38(27(42)45-29(4,5)6)24-20-23(33-14-34-24)37(15-35-20)12-17-18(31)19(32)16-8-11-43-22(16)21(17)36-10-9-30(7,13-36)25(39)40/h14-15H,8-13H2,1-7H3,(H,39,40)/t30-/m0/s1. The Balaban J connectivity index is 1.60. The van der Waals surface area contributed by atoms with Crippen molar-refractivity contribution in [2.24, 2.45) is 5.41 Å². The molecule has 242 valence electrons. The van der Waals surface area contributed by atoms with Crippen LogP contribution in [0.1, 0.15) is 66.0 Å². The molecule has 0 spiro atoms. The van der Waals surface area contributed by atoms with Crippen LogP contribution in [-0.4, -0.2) is 73.7 Å². The molecule has 0 saturated carbocycles. The smallest absolute Gasteiger partial charge is 0.425 e. The summed E-state index contributed by atoms with van der Waals surface area (Å²) in [6.07, 6.45) is 1.39. The normalized spacial score (nSPS) is 18.1. The molecule has 1 fully saturated rings. The van der Waals surface area contributed by atoms with E-state index in [1.165, 1.54) is 12.7 Å². The molecule has 2 aliphatic rings. The van der Waals surface area contributed by atoms with Gasteiger partial charge < -0.3 is 28.8 Å². The lowest BCUT2D eigenvalue weighted by Crippen LogP contribution is -2.44. The Hall–Kier alpha value is -4.01. The summed E-state index contributed by atoms with van der Waals surface area (Å²) in [6, 6.07) is 0. The Morgan fingerprint density at radius 1 is 1.11 bits per heavy atom. The van der Waals surface area contributed by atoms with Crippen LogP contribution in [0.25, 0.3) is 11.2 Å². The average Bonchev–Trinajstić information content (AvgIpc) is 3.65. The van der Waals surface area contributed by atoms with E-state index < -0.39 is 40.6 Å². The van der Waals surface area contributed by atoms with Crippen LogP contribution in [0.3, 0.4) is 0 Å². The van der Waals surface area contributed by atoms with Crippen LogP contribution in [0.5, 0.6) is 5.75 Å². The molecule has 1 atom stereocenters. The van der Waals surface area contributed by atoms with E-state index >= 15 is 4.39 Å². The zero-order valence-electron chi connectivity index (χ0n) is 26.2. The average molecular weight is 692 g/mol. The van der Waals surface area contributed by atoms with E-state index in [0.717, 1.165) is 0 Å². The molecule has 2 aliphatic heterocycles. The van der Waals surface area contributed by atoms with Crippen molar-refractivity contribution in [3.05, 3.63) is 34.1 Å². The van der Waals surface area contributed by atoms with Crippen LogP contribution < -0.4 is 14.5 Å². The van der Waals surface area contributed by atoms with Crippen molar-refractivity contribution in [1.82, 2.24) is 19.5 Å². The third-order valence-electron chi connectivity index (χ3n) is 7.48. The van der Waals surface area contributed by atoms with Crippen molar-refractivity contribution in [1.29, 1.82) is 0 Å². The molecule has 1 saturated heterocycles. The summed E-state index contributed by atoms with van der Waals surface area (Å²) in [5.41, 5.74) is -0.984. The minimum absolute atomic E-state index is 0.0373. The highest BCUT2D eigenvalue weighted by atomic mass is 79.9. The Labute approximate surface area is 267 Å². The van der Waals surface area contributed by atoms with Crippen molar-refractivity contribution < 1.29 is 38.1 Å². The number of hydrogen-bond acceptors (Lipinski definition) is 10. The Kier molecular flexibility index (Phi) is 8.21. The maximum absolute atomic E-state index is 15.7. The topological polar surface area (TPSA) is 149 Å². The van der Waals surface area contributed by atoms with Gasteiger partial charge in [0, 0.05) is 30.6 Å². The van der Waals surface area contributed by atoms with E-state index in [1.807, 2.05) is 4.90 Å². The molecule has 1 aromatic carbocycles. The SMILES string of the molecule is CC(C)(C)OC(=O)N(C(=O)OC(C)(C)C)c1ncnc2c1ncn2Cc1c(Br)c(F)c2c(c1N1CC[C@](C)(C(=O)O)C1)OCC2. The van der Waals surface area contributed by atoms with E-state index in [1.54, 1.807) is 53.0 Å². The highest BCUT2D eigenvalue weighted by Gasteiger charge is 2.43. The van der Waals surface area contributed by atoms with Gasteiger partial charge in [0.15, 0.2) is 17.0 Å². The summed E-state index contributed by atoms with van der Waals surface area (Å²) in [5.74, 6) is -1.13. The fourth-order valence-corrected chi connectivity index (χ4v) is 5.92. The number of carboxylic acids is 1. The summed E-state index contributed by atoms with van der Waals surface area (Å²) in [5, 5.41) is 9.87. The zero-order valence-corrected chi connectivity index (χ0v) is 27.8. The molecular weight excluding hydrogens is 655 g/mol. The third-order valence-corrected chi connectivity index (χ3v) is 8.30. The van der Waals surface area contributed by atoms with Gasteiger partial charge in [-0.15, -0.1) is 0 Å². The first-order valence-corrected chi connectivity index (χ1v) is 15.3. The molecule has 3 aromatic rings. The highest BCUT2D eigenvalue weighted by molar-refractivity contribution is 9.10. The van der Waals surface area contributed by atoms with Crippen molar-refractivity contribution in [3.63, 3.8) is 0 Å². The fourth-order valence-electron chi connectivity index (χ4n) is 5.37. The van der Waals surface area contributed by atoms with Gasteiger partial charge in [0.05, 0.1) is 35.1 Å². The largest absolute Gasteiger partial charge is 0.491 e. The van der Waals surface area contributed by atoms with Gasteiger partial charge in [0.1, 0.15) is 29.1 Å². The Morgan fingerprint density at radius 2 is 1.76 bits per heavy atom. The predicted octanol–water partition coefficient (Wildman–Crippen LogP) is 5.69. The van der Waals surface area contributed by atoms with Crippen LogP contribution in [-0.2, 0) is 27.2 Å². The van der Waals surface area contributed by atoms with Gasteiger partial charge in [-0.1, -0.05) is 0 Å². The molecule has 15 heteroatoms. The van der Waals surface area contributed by atoms with Crippen LogP contribution in [0.4, 0.5) is 25.5 Å². The van der Waals surface area contributed by atoms with Crippen LogP contribution in [0.15, 0.2) is 17.1 Å². The number of aromatic nitrogens is 4. The van der Waals surface area contributed by atoms with Gasteiger partial charge in [0.2, 0.25) is 0 Å². The summed E-state index contributed by atoms with van der Waals surface area (Å²) in [6.45, 7) is 12.7. The van der Waals surface area contributed by atoms with Gasteiger partial charge in [-0.05, 0) is 70.8 Å². The van der Waals surface area contributed by atoms with Crippen LogP contribution in [0, 0.1) is 11.2 Å². The number of ether oxygens (including phenoxy) is 3. The number of benzene rings is 1. The van der Waals surface area contributed by atoms with Crippen molar-refractivity contribution >= 4 is 56.8 Å². The summed E-state index contributed by atoms with van der Waals surface area (Å²) in [4.78, 5) is 54.3. The molecule has 45 heavy (non-hydrogen) atoms. The van der Waals surface area contributed by atoms with Gasteiger partial charge in [-0.3, -0.25) is 4.79 Å². The molecule has 4 heterocycles. The third kappa shape index (κ3) is 6.26. The fraction of sp³-hybridized carbons (Fsp3) is 0.533. The van der Waals surface area contributed by atoms with Gasteiger partial charge in [-0.25, -0.2) is 28.9 Å². The van der Waals surface area contributed by atoms with Crippen LogP contribution >= 0.6 is 15.9 Å². The van der Waals surface area contributed by atoms with Crippen molar-refractivity contribution in [3.8, 4) is 5.75 Å². The first-order chi connectivity index (χ1) is 20.9. The van der Waals surface area contributed by atoms with Crippen molar-refractivity contribution in [2.45, 2.75) is 79.1 Å². The summed E-state index contributed by atoms with van der Waals surface area (Å²) >= 11 is 3.46. The quantitative estimate of drug-likeness (QED) is 0.352. The monoisotopic (exact) mass is 690 g/mol. The van der Waals surface area contributed by atoms with E-state index in [9.17, 15) is 19.5 Å². The number of carbonyl (C=O) groups excluding carboxylic acids is 2. The van der Waals surface area contributed by atoms with Crippen molar-refractivity contribution in [2.75, 3.05) is 29.5 Å². The number of carboxylic acid groups (broad SMARTS) is 1. The molecule has 0 radical (unpaired) electrons. The van der Waals surface area contributed by atoms with Crippen LogP contribution in [0.2, 0.25) is 0 Å². The predicted molar refractivity (Wildman–Crippen MR) is 165 cm³/mol. The second-order valence-electron chi connectivity index (χ2n) is 13.4. The number of rotatable bonds is 5. The van der Waals surface area contributed by atoms with E-state index in [4.69, 9.17) is 14.2 Å². The molecule has 5 rings (SSSR count). The molecule has 0 unspecified atom stereocenters. The van der Waals surface area contributed by atoms with Gasteiger partial charge in [0.25, 0.3) is 0 Å². The first kappa shape index (κ1) is 32.4. The number of amides is 2. The second kappa shape index (κ2) is 11.4. The minimum atomic E-state index is -1.01. The number of nitrogens with zero attached hydrogens (tertiary/aromatic N) is 6. The molecular formula is C30H36BrFN6O7. The number of carbonyl (C=O) groups is 3. The molecule has 1 N–H and O–H groups in total. The number of imidazole rings is 1. The van der Waals surface area contributed by atoms with E-state index in [-0.39, 0.29) is 34.5 Å². The lowest BCUT2D eigenvalue weighted by molar-refractivity contribution is -0.146. The Bertz CT molecular complexity index is 1670. The maximum Gasteiger partial charge on any atom is 0.425 e. The highest BCUT2D eigenvalue weighted by Crippen LogP contribution is 2.48. The number of halogens is 2. The number of hydrogen-bond donors (Lipinski definition) is 1. The molecule has 0 aliphatic carbocycles. The maximum atomic E-state index is 15.7. The minimum Gasteiger partial charge on any atom is -0.491 e. The summed E-state index contributed by atoms with van der Waals surface area (Å²) < 4.78 is 34.4. The molecule has 2 aromatic heterocycles. The lowest BCUT2D eigenvalue weighted by Gasteiger charge is -2.28. The summed E-state index contributed by atoms with van der Waals surface area (Å²) in [7, 11) is 0. The molecule has 2 amide bonds. The number of anilines is 2. The number of imide groups is 1. The Morgan fingerprint density at radius 3 is 2.33 bits per heavy atom. The first-order valence-electron chi connectivity index (χ1n) is 14.5. The van der Waals surface area contributed by atoms with Gasteiger partial charge >= 0.3 is 18.2 Å². The number of fused-ring (bicyclic) bond motifs is 2. The second-order valence-corrected chi connectivity index (χ2v) is 14.2. The lowest BCUT2D eigenvalue weighted by atomic mass is 9.90. The van der Waals surface area contributed by atoms with E-state index in [2.05, 4.69) is 30.9 Å². The number of aliphatic carboxylic acids is 1. The van der Waals surface area contributed by atoms with Gasteiger partial charge in [-0.2, -0.15) is 4.90 Å².